The summed E-state index contributed by atoms with van der Waals surface area (Å²) in [5.74, 6) is -1.43. The van der Waals surface area contributed by atoms with E-state index in [4.69, 9.17) is 5.14 Å². The monoisotopic (exact) mass is 511 g/mol. The van der Waals surface area contributed by atoms with E-state index in [-0.39, 0.29) is 35.9 Å². The molecule has 35 heavy (non-hydrogen) atoms. The van der Waals surface area contributed by atoms with Crippen molar-refractivity contribution in [2.45, 2.75) is 44.1 Å². The van der Waals surface area contributed by atoms with E-state index in [0.29, 0.717) is 13.1 Å². The summed E-state index contributed by atoms with van der Waals surface area (Å²) >= 11 is 0. The van der Waals surface area contributed by atoms with Crippen molar-refractivity contribution in [3.8, 4) is 0 Å². The van der Waals surface area contributed by atoms with Crippen LogP contribution in [0.1, 0.15) is 35.3 Å². The molecule has 0 spiro atoms. The summed E-state index contributed by atoms with van der Waals surface area (Å²) in [4.78, 5) is 35.1. The third-order valence-corrected chi connectivity index (χ3v) is 6.57. The van der Waals surface area contributed by atoms with Crippen molar-refractivity contribution in [3.05, 3.63) is 36.0 Å². The van der Waals surface area contributed by atoms with Crippen LogP contribution >= 0.6 is 0 Å². The first kappa shape index (κ1) is 25.1. The molecule has 13 nitrogen and oxygen atoms in total. The molecule has 2 aromatic heterocycles. The van der Waals surface area contributed by atoms with Gasteiger partial charge < -0.3 is 15.3 Å². The molecule has 4 N–H and O–H groups in total. The van der Waals surface area contributed by atoms with Gasteiger partial charge in [0, 0.05) is 31.4 Å². The highest BCUT2D eigenvalue weighted by Crippen LogP contribution is 2.32. The number of carbonyl (C=O) groups is 2. The van der Waals surface area contributed by atoms with E-state index in [1.165, 1.54) is 29.5 Å². The Bertz CT molecular complexity index is 1190. The zero-order chi connectivity index (χ0) is 25.2. The number of amides is 1. The van der Waals surface area contributed by atoms with Gasteiger partial charge >= 0.3 is 10.3 Å². The number of likely N-dealkylation sites (tertiary alicyclic amines) is 1. The first-order valence-corrected chi connectivity index (χ1v) is 12.5. The number of hydrogen-bond acceptors (Lipinski definition) is 10. The first-order chi connectivity index (χ1) is 16.6. The highest BCUT2D eigenvalue weighted by Gasteiger charge is 2.44. The van der Waals surface area contributed by atoms with E-state index < -0.39 is 46.9 Å². The van der Waals surface area contributed by atoms with Crippen molar-refractivity contribution in [3.63, 3.8) is 0 Å². The largest absolute Gasteiger partial charge is 0.390 e. The minimum Gasteiger partial charge on any atom is -0.390 e. The summed E-state index contributed by atoms with van der Waals surface area (Å²) in [5.41, 5.74) is 0.0781. The van der Waals surface area contributed by atoms with Gasteiger partial charge in [0.05, 0.1) is 24.3 Å². The molecule has 2 aromatic rings. The smallest absolute Gasteiger partial charge is 0.333 e. The molecule has 2 fully saturated rings. The summed E-state index contributed by atoms with van der Waals surface area (Å²) in [6.45, 7) is 0.947. The van der Waals surface area contributed by atoms with Gasteiger partial charge in [-0.25, -0.2) is 19.5 Å². The van der Waals surface area contributed by atoms with Gasteiger partial charge in [0.1, 0.15) is 30.6 Å². The van der Waals surface area contributed by atoms with E-state index in [1.54, 1.807) is 4.90 Å². The highest BCUT2D eigenvalue weighted by atomic mass is 32.2. The fourth-order valence-corrected chi connectivity index (χ4v) is 4.65. The molecule has 0 aromatic carbocycles. The maximum atomic E-state index is 14.7. The van der Waals surface area contributed by atoms with Crippen LogP contribution < -0.4 is 10.5 Å². The number of nitrogens with zero attached hydrogens (tertiary/aromatic N) is 5. The summed E-state index contributed by atoms with van der Waals surface area (Å²) in [6.07, 6.45) is 2.61. The fraction of sp³-hybridized carbons (Fsp3) is 0.550. The standard InChI is InChI=1S/C20H26FN7O6S/c21-17-15(7-12(18(17)30)10-34-35(22,32)33)25-20-13(8-23-11-24-20)19(31)14-3-6-28(26-14)9-16(29)27-4-1-2-5-27/h3,6,8,11-12,15,17-18,30H,1-2,4-5,7,9-10H2,(H2,22,32,33)(H,23,24,25)/t12-,15-,17-,18-/m1/s1. The lowest BCUT2D eigenvalue weighted by atomic mass is 10.1. The number of rotatable bonds is 9. The molecule has 15 heteroatoms. The lowest BCUT2D eigenvalue weighted by Gasteiger charge is -2.18. The zero-order valence-electron chi connectivity index (χ0n) is 18.7. The lowest BCUT2D eigenvalue weighted by molar-refractivity contribution is -0.130. The Hall–Kier alpha value is -3.01. The van der Waals surface area contributed by atoms with Gasteiger partial charge in [0.25, 0.3) is 0 Å². The SMILES string of the molecule is NS(=O)(=O)OC[C@H]1C[C@@H](Nc2ncncc2C(=O)c2ccn(CC(=O)N3CCCC3)n2)[C@@H](F)[C@@H]1O. The Morgan fingerprint density at radius 3 is 2.77 bits per heavy atom. The van der Waals surface area contributed by atoms with Crippen LogP contribution in [-0.2, 0) is 25.8 Å². The van der Waals surface area contributed by atoms with E-state index in [1.807, 2.05) is 0 Å². The van der Waals surface area contributed by atoms with Crippen molar-refractivity contribution >= 4 is 27.8 Å². The van der Waals surface area contributed by atoms with E-state index in [9.17, 15) is 27.5 Å². The van der Waals surface area contributed by atoms with Crippen LogP contribution in [0.5, 0.6) is 0 Å². The lowest BCUT2D eigenvalue weighted by Crippen LogP contribution is -2.33. The third kappa shape index (κ3) is 5.98. The average Bonchev–Trinajstić information content (AvgIpc) is 3.56. The molecule has 1 aliphatic heterocycles. The molecule has 3 heterocycles. The molecule has 4 rings (SSSR count). The number of aliphatic hydroxyl groups is 1. The first-order valence-electron chi connectivity index (χ1n) is 11.0. The number of hydrogen-bond donors (Lipinski definition) is 3. The van der Waals surface area contributed by atoms with Gasteiger partial charge in [0.15, 0.2) is 0 Å². The van der Waals surface area contributed by atoms with Crippen molar-refractivity contribution in [2.24, 2.45) is 11.1 Å². The van der Waals surface area contributed by atoms with Crippen molar-refractivity contribution in [1.82, 2.24) is 24.6 Å². The molecule has 0 bridgehead atoms. The maximum absolute atomic E-state index is 14.7. The van der Waals surface area contributed by atoms with Gasteiger partial charge in [0.2, 0.25) is 11.7 Å². The fourth-order valence-electron chi connectivity index (χ4n) is 4.28. The Balaban J connectivity index is 1.44. The van der Waals surface area contributed by atoms with Gasteiger partial charge in [-0.3, -0.25) is 18.5 Å². The molecule has 2 aliphatic rings. The van der Waals surface area contributed by atoms with Crippen LogP contribution in [0.3, 0.4) is 0 Å². The van der Waals surface area contributed by atoms with Crippen molar-refractivity contribution in [2.75, 3.05) is 25.0 Å². The molecular weight excluding hydrogens is 485 g/mol. The quantitative estimate of drug-likeness (QED) is 0.362. The van der Waals surface area contributed by atoms with E-state index in [0.717, 1.165) is 12.8 Å². The number of carbonyl (C=O) groups excluding carboxylic acids is 2. The van der Waals surface area contributed by atoms with Gasteiger partial charge in [-0.2, -0.15) is 13.5 Å². The predicted molar refractivity (Wildman–Crippen MR) is 119 cm³/mol. The van der Waals surface area contributed by atoms with Crippen LogP contribution in [0.4, 0.5) is 10.2 Å². The predicted octanol–water partition coefficient (Wildman–Crippen LogP) is -0.754. The highest BCUT2D eigenvalue weighted by molar-refractivity contribution is 7.84. The summed E-state index contributed by atoms with van der Waals surface area (Å²) in [6, 6.07) is 0.491. The van der Waals surface area contributed by atoms with Crippen LogP contribution in [0.25, 0.3) is 0 Å². The topological polar surface area (TPSA) is 183 Å². The molecule has 4 atom stereocenters. The number of nitrogens with two attached hydrogens (primary N) is 1. The van der Waals surface area contributed by atoms with Crippen molar-refractivity contribution in [1.29, 1.82) is 0 Å². The summed E-state index contributed by atoms with van der Waals surface area (Å²) in [7, 11) is -4.24. The maximum Gasteiger partial charge on any atom is 0.333 e. The second-order valence-electron chi connectivity index (χ2n) is 8.56. The second kappa shape index (κ2) is 10.3. The van der Waals surface area contributed by atoms with Gasteiger partial charge in [-0.05, 0) is 25.3 Å². The Morgan fingerprint density at radius 2 is 2.06 bits per heavy atom. The Morgan fingerprint density at radius 1 is 1.31 bits per heavy atom. The van der Waals surface area contributed by atoms with Gasteiger partial charge in [-0.15, -0.1) is 0 Å². The van der Waals surface area contributed by atoms with Crippen LogP contribution in [0, 0.1) is 5.92 Å². The Labute approximate surface area is 200 Å². The molecular formula is C20H26FN7O6S. The third-order valence-electron chi connectivity index (χ3n) is 6.11. The van der Waals surface area contributed by atoms with Gasteiger partial charge in [-0.1, -0.05) is 0 Å². The summed E-state index contributed by atoms with van der Waals surface area (Å²) in [5, 5.41) is 21.9. The van der Waals surface area contributed by atoms with Crippen LogP contribution in [0.2, 0.25) is 0 Å². The van der Waals surface area contributed by atoms with Crippen LogP contribution in [0.15, 0.2) is 24.8 Å². The molecule has 190 valence electrons. The minimum atomic E-state index is -4.24. The number of aliphatic hydroxyl groups excluding tert-OH is 1. The van der Waals surface area contributed by atoms with E-state index in [2.05, 4.69) is 24.6 Å². The number of aromatic nitrogens is 4. The molecule has 0 radical (unpaired) electrons. The molecule has 0 unspecified atom stereocenters. The molecule has 1 amide bonds. The second-order valence-corrected chi connectivity index (χ2v) is 9.78. The summed E-state index contributed by atoms with van der Waals surface area (Å²) < 4.78 is 42.6. The zero-order valence-corrected chi connectivity index (χ0v) is 19.5. The number of nitrogens with one attached hydrogen (secondary N) is 1. The number of anilines is 1. The Kier molecular flexibility index (Phi) is 7.39. The molecule has 1 aliphatic carbocycles. The molecule has 1 saturated heterocycles. The minimum absolute atomic E-state index is 0.00270. The molecule has 1 saturated carbocycles. The van der Waals surface area contributed by atoms with Crippen LogP contribution in [-0.4, -0.2) is 87.9 Å². The van der Waals surface area contributed by atoms with Crippen molar-refractivity contribution < 1.29 is 31.7 Å². The number of alkyl halides is 1. The number of halogens is 1. The normalized spacial score (nSPS) is 24.6. The van der Waals surface area contributed by atoms with E-state index >= 15 is 0 Å². The average molecular weight is 512 g/mol. The number of ketones is 1.